The molecule has 0 aliphatic rings. The van der Waals surface area contributed by atoms with E-state index >= 15 is 0 Å². The first kappa shape index (κ1) is 54.4. The minimum absolute atomic E-state index is 0.0642. The van der Waals surface area contributed by atoms with Gasteiger partial charge in [-0.05, 0) is 31.1 Å². The van der Waals surface area contributed by atoms with Gasteiger partial charge >= 0.3 is 17.9 Å². The predicted octanol–water partition coefficient (Wildman–Crippen LogP) is 15.8. The molecule has 0 rings (SSSR count). The molecule has 0 aliphatic carbocycles. The molecule has 0 aromatic carbocycles. The van der Waals surface area contributed by atoms with Crippen LogP contribution in [0.1, 0.15) is 272 Å². The van der Waals surface area contributed by atoms with E-state index in [-0.39, 0.29) is 31.1 Å². The Morgan fingerprint density at radius 1 is 0.339 bits per heavy atom. The van der Waals surface area contributed by atoms with Crippen LogP contribution in [0.3, 0.4) is 0 Å². The molecule has 332 valence electrons. The summed E-state index contributed by atoms with van der Waals surface area (Å²) in [5, 5.41) is 0. The number of carbonyl (C=O) groups is 3. The molecule has 0 spiro atoms. The van der Waals surface area contributed by atoms with Crippen LogP contribution in [0.2, 0.25) is 0 Å². The number of carbonyl (C=O) groups excluding carboxylic acids is 3. The highest BCUT2D eigenvalue weighted by Crippen LogP contribution is 2.17. The second-order valence-corrected chi connectivity index (χ2v) is 18.1. The number of rotatable bonds is 44. The van der Waals surface area contributed by atoms with Gasteiger partial charge in [0.15, 0.2) is 6.10 Å². The summed E-state index contributed by atoms with van der Waals surface area (Å²) in [7, 11) is 0. The van der Waals surface area contributed by atoms with Gasteiger partial charge in [-0.3, -0.25) is 14.4 Å². The van der Waals surface area contributed by atoms with Gasteiger partial charge in [0.25, 0.3) is 0 Å². The minimum Gasteiger partial charge on any atom is -0.462 e. The molecule has 6 nitrogen and oxygen atoms in total. The van der Waals surface area contributed by atoms with Gasteiger partial charge in [0.2, 0.25) is 0 Å². The molecule has 56 heavy (non-hydrogen) atoms. The third-order valence-electron chi connectivity index (χ3n) is 11.2. The smallest absolute Gasteiger partial charge is 0.306 e. The van der Waals surface area contributed by atoms with Crippen molar-refractivity contribution in [2.75, 3.05) is 13.2 Å². The lowest BCUT2D eigenvalue weighted by Crippen LogP contribution is -2.30. The van der Waals surface area contributed by atoms with Crippen LogP contribution in [0, 0.1) is 11.8 Å². The fourth-order valence-corrected chi connectivity index (χ4v) is 7.46. The molecule has 0 heterocycles. The van der Waals surface area contributed by atoms with E-state index in [1.807, 2.05) is 0 Å². The van der Waals surface area contributed by atoms with Gasteiger partial charge < -0.3 is 14.2 Å². The Morgan fingerprint density at radius 3 is 0.875 bits per heavy atom. The zero-order chi connectivity index (χ0) is 41.2. The fraction of sp³-hybridized carbons (Fsp3) is 0.940. The average molecular weight is 793 g/mol. The maximum atomic E-state index is 12.8. The van der Waals surface area contributed by atoms with Crippen molar-refractivity contribution >= 4 is 17.9 Å². The van der Waals surface area contributed by atoms with E-state index in [2.05, 4.69) is 34.6 Å². The van der Waals surface area contributed by atoms with Crippen molar-refractivity contribution in [1.29, 1.82) is 0 Å². The van der Waals surface area contributed by atoms with Crippen molar-refractivity contribution in [3.05, 3.63) is 0 Å². The predicted molar refractivity (Wildman–Crippen MR) is 238 cm³/mol. The number of ether oxygens (including phenoxy) is 3. The SMILES string of the molecule is CCCCCCCCCCCCC(=O)OC[C@@H](COC(=O)CCCCCCCCCCCCC(C)C)OC(=O)CCCCCCCCCCCCCCC(C)C. The molecule has 0 radical (unpaired) electrons. The van der Waals surface area contributed by atoms with Crippen molar-refractivity contribution in [2.24, 2.45) is 11.8 Å². The Bertz CT molecular complexity index is 854. The van der Waals surface area contributed by atoms with Crippen LogP contribution in [0.25, 0.3) is 0 Å². The summed E-state index contributed by atoms with van der Waals surface area (Å²) in [6.45, 7) is 11.3. The molecule has 0 amide bonds. The molecule has 0 bridgehead atoms. The van der Waals surface area contributed by atoms with E-state index in [1.54, 1.807) is 0 Å². The lowest BCUT2D eigenvalue weighted by molar-refractivity contribution is -0.167. The first-order valence-corrected chi connectivity index (χ1v) is 24.7. The van der Waals surface area contributed by atoms with Gasteiger partial charge in [-0.2, -0.15) is 0 Å². The van der Waals surface area contributed by atoms with E-state index in [9.17, 15) is 14.4 Å². The van der Waals surface area contributed by atoms with E-state index in [0.29, 0.717) is 19.3 Å². The van der Waals surface area contributed by atoms with E-state index in [4.69, 9.17) is 14.2 Å². The molecule has 0 aromatic heterocycles. The third kappa shape index (κ3) is 43.5. The molecule has 0 saturated heterocycles. The van der Waals surface area contributed by atoms with Gasteiger partial charge in [0, 0.05) is 19.3 Å². The quantitative estimate of drug-likeness (QED) is 0.0347. The molecular formula is C50H96O6. The zero-order valence-electron chi connectivity index (χ0n) is 38.3. The van der Waals surface area contributed by atoms with Gasteiger partial charge in [-0.1, -0.05) is 234 Å². The lowest BCUT2D eigenvalue weighted by Gasteiger charge is -2.18. The van der Waals surface area contributed by atoms with Crippen LogP contribution in [-0.2, 0) is 28.6 Å². The maximum Gasteiger partial charge on any atom is 0.306 e. The Morgan fingerprint density at radius 2 is 0.589 bits per heavy atom. The standard InChI is InChI=1S/C50H96O6/c1-6-7-8-9-10-11-20-25-30-35-40-48(51)54-43-47(44-55-49(52)41-36-31-26-21-17-16-19-24-29-34-39-46(4)5)56-50(53)42-37-32-27-22-15-13-12-14-18-23-28-33-38-45(2)3/h45-47H,6-44H2,1-5H3/t47-/m0/s1. The highest BCUT2D eigenvalue weighted by molar-refractivity contribution is 5.71. The van der Waals surface area contributed by atoms with Gasteiger partial charge in [0.1, 0.15) is 13.2 Å². The Kier molecular flexibility index (Phi) is 41.8. The minimum atomic E-state index is -0.760. The molecular weight excluding hydrogens is 697 g/mol. The Labute approximate surface area is 348 Å². The van der Waals surface area contributed by atoms with Gasteiger partial charge in [-0.25, -0.2) is 0 Å². The molecule has 0 N–H and O–H groups in total. The number of esters is 3. The van der Waals surface area contributed by atoms with Crippen LogP contribution in [0.4, 0.5) is 0 Å². The van der Waals surface area contributed by atoms with E-state index < -0.39 is 6.10 Å². The van der Waals surface area contributed by atoms with Crippen LogP contribution in [-0.4, -0.2) is 37.2 Å². The normalized spacial score (nSPS) is 12.1. The number of unbranched alkanes of at least 4 members (excludes halogenated alkanes) is 29. The summed E-state index contributed by atoms with van der Waals surface area (Å²) in [5.74, 6) is 0.798. The summed E-state index contributed by atoms with van der Waals surface area (Å²) in [4.78, 5) is 37.8. The van der Waals surface area contributed by atoms with E-state index in [0.717, 1.165) is 69.6 Å². The summed E-state index contributed by atoms with van der Waals surface area (Å²) in [5.41, 5.74) is 0. The zero-order valence-corrected chi connectivity index (χ0v) is 38.3. The summed E-state index contributed by atoms with van der Waals surface area (Å²) < 4.78 is 16.8. The second kappa shape index (κ2) is 43.0. The van der Waals surface area contributed by atoms with Crippen molar-refractivity contribution in [1.82, 2.24) is 0 Å². The van der Waals surface area contributed by atoms with Crippen LogP contribution in [0.15, 0.2) is 0 Å². The molecule has 0 fully saturated rings. The first-order valence-electron chi connectivity index (χ1n) is 24.7. The Balaban J connectivity index is 4.31. The topological polar surface area (TPSA) is 78.9 Å². The van der Waals surface area contributed by atoms with Crippen LogP contribution < -0.4 is 0 Å². The maximum absolute atomic E-state index is 12.8. The highest BCUT2D eigenvalue weighted by atomic mass is 16.6. The van der Waals surface area contributed by atoms with Crippen molar-refractivity contribution < 1.29 is 28.6 Å². The Hall–Kier alpha value is -1.59. The third-order valence-corrected chi connectivity index (χ3v) is 11.2. The monoisotopic (exact) mass is 793 g/mol. The van der Waals surface area contributed by atoms with Gasteiger partial charge in [-0.15, -0.1) is 0 Å². The highest BCUT2D eigenvalue weighted by Gasteiger charge is 2.19. The van der Waals surface area contributed by atoms with Crippen molar-refractivity contribution in [2.45, 2.75) is 278 Å². The van der Waals surface area contributed by atoms with Crippen LogP contribution in [0.5, 0.6) is 0 Å². The molecule has 0 aromatic rings. The molecule has 0 saturated carbocycles. The molecule has 1 atom stereocenters. The van der Waals surface area contributed by atoms with Crippen molar-refractivity contribution in [3.63, 3.8) is 0 Å². The number of hydrogen-bond donors (Lipinski definition) is 0. The van der Waals surface area contributed by atoms with Crippen molar-refractivity contribution in [3.8, 4) is 0 Å². The molecule has 6 heteroatoms. The summed E-state index contributed by atoms with van der Waals surface area (Å²) >= 11 is 0. The van der Waals surface area contributed by atoms with Crippen LogP contribution >= 0.6 is 0 Å². The molecule has 0 aliphatic heterocycles. The second-order valence-electron chi connectivity index (χ2n) is 18.1. The number of hydrogen-bond acceptors (Lipinski definition) is 6. The largest absolute Gasteiger partial charge is 0.462 e. The lowest BCUT2D eigenvalue weighted by atomic mass is 10.0. The first-order chi connectivity index (χ1) is 27.2. The summed E-state index contributed by atoms with van der Waals surface area (Å²) in [6, 6.07) is 0. The fourth-order valence-electron chi connectivity index (χ4n) is 7.46. The van der Waals surface area contributed by atoms with E-state index in [1.165, 1.54) is 161 Å². The molecule has 0 unspecified atom stereocenters. The average Bonchev–Trinajstić information content (AvgIpc) is 3.16. The van der Waals surface area contributed by atoms with Gasteiger partial charge in [0.05, 0.1) is 0 Å². The summed E-state index contributed by atoms with van der Waals surface area (Å²) in [6.07, 6.45) is 42.3.